The van der Waals surface area contributed by atoms with Gasteiger partial charge in [-0.25, -0.2) is 9.89 Å². The summed E-state index contributed by atoms with van der Waals surface area (Å²) >= 11 is 1.76. The Labute approximate surface area is 114 Å². The second-order valence-corrected chi connectivity index (χ2v) is 5.82. The predicted octanol–water partition coefficient (Wildman–Crippen LogP) is 0.742. The van der Waals surface area contributed by atoms with Crippen molar-refractivity contribution in [1.82, 2.24) is 15.1 Å². The second kappa shape index (κ2) is 5.24. The van der Waals surface area contributed by atoms with Gasteiger partial charge in [-0.3, -0.25) is 4.79 Å². The van der Waals surface area contributed by atoms with Crippen LogP contribution in [0.5, 0.6) is 0 Å². The van der Waals surface area contributed by atoms with Crippen molar-refractivity contribution in [3.05, 3.63) is 28.1 Å². The molecule has 1 saturated heterocycles. The average Bonchev–Trinajstić information content (AvgIpc) is 3.09. The smallest absolute Gasteiger partial charge is 0.392 e. The molecule has 1 aromatic rings. The van der Waals surface area contributed by atoms with E-state index in [1.165, 1.54) is 0 Å². The van der Waals surface area contributed by atoms with Crippen LogP contribution in [-0.2, 0) is 4.79 Å². The second-order valence-electron chi connectivity index (χ2n) is 4.79. The Hall–Kier alpha value is -1.50. The number of likely N-dealkylation sites (tertiary alicyclic amines) is 1. The van der Waals surface area contributed by atoms with Gasteiger partial charge in [-0.1, -0.05) is 6.08 Å². The highest BCUT2D eigenvalue weighted by Gasteiger charge is 2.29. The number of H-pyrrole nitrogens is 1. The van der Waals surface area contributed by atoms with Gasteiger partial charge in [0.2, 0.25) is 11.8 Å². The zero-order chi connectivity index (χ0) is 13.2. The summed E-state index contributed by atoms with van der Waals surface area (Å²) in [6, 6.07) is 0. The van der Waals surface area contributed by atoms with Crippen molar-refractivity contribution in [3.63, 3.8) is 0 Å². The first-order valence-corrected chi connectivity index (χ1v) is 7.51. The Morgan fingerprint density at radius 3 is 3.16 bits per heavy atom. The van der Waals surface area contributed by atoms with Crippen molar-refractivity contribution in [2.24, 2.45) is 0 Å². The largest absolute Gasteiger partial charge is 0.434 e. The van der Waals surface area contributed by atoms with E-state index >= 15 is 0 Å². The molecule has 0 bridgehead atoms. The van der Waals surface area contributed by atoms with Gasteiger partial charge < -0.3 is 9.32 Å². The lowest BCUT2D eigenvalue weighted by atomic mass is 9.97. The van der Waals surface area contributed by atoms with E-state index in [1.54, 1.807) is 11.8 Å². The molecule has 0 radical (unpaired) electrons. The highest BCUT2D eigenvalue weighted by atomic mass is 32.2. The molecular formula is C12H15N3O3S. The average molecular weight is 281 g/mol. The molecule has 1 N–H and O–H groups in total. The number of aromatic amines is 1. The molecule has 2 aliphatic rings. The lowest BCUT2D eigenvalue weighted by Crippen LogP contribution is -2.40. The molecule has 1 fully saturated rings. The molecule has 19 heavy (non-hydrogen) atoms. The zero-order valence-corrected chi connectivity index (χ0v) is 11.2. The number of hydrogen-bond acceptors (Lipinski definition) is 5. The molecule has 0 aromatic carbocycles. The molecule has 1 atom stereocenters. The summed E-state index contributed by atoms with van der Waals surface area (Å²) in [6.07, 6.45) is 3.81. The molecule has 1 aromatic heterocycles. The van der Waals surface area contributed by atoms with Gasteiger partial charge in [0.15, 0.2) is 0 Å². The number of carbonyl (C=O) groups is 1. The van der Waals surface area contributed by atoms with Crippen LogP contribution in [0.25, 0.3) is 0 Å². The first kappa shape index (κ1) is 12.5. The fraction of sp³-hybridized carbons (Fsp3) is 0.583. The first-order valence-electron chi connectivity index (χ1n) is 6.35. The van der Waals surface area contributed by atoms with E-state index in [-0.39, 0.29) is 11.8 Å². The van der Waals surface area contributed by atoms with Crippen molar-refractivity contribution >= 4 is 17.7 Å². The summed E-state index contributed by atoms with van der Waals surface area (Å²) in [4.78, 5) is 25.1. The minimum absolute atomic E-state index is 0.0197. The van der Waals surface area contributed by atoms with Gasteiger partial charge in [-0.2, -0.15) is 11.8 Å². The number of nitrogens with one attached hydrogen (secondary N) is 1. The van der Waals surface area contributed by atoms with Crippen LogP contribution in [0.1, 0.15) is 24.7 Å². The van der Waals surface area contributed by atoms with E-state index in [1.807, 2.05) is 11.0 Å². The van der Waals surface area contributed by atoms with Crippen LogP contribution < -0.4 is 5.76 Å². The Bertz CT molecular complexity index is 563. The maximum Gasteiger partial charge on any atom is 0.434 e. The predicted molar refractivity (Wildman–Crippen MR) is 71.1 cm³/mol. The third-order valence-corrected chi connectivity index (χ3v) is 4.41. The van der Waals surface area contributed by atoms with Crippen LogP contribution in [-0.4, -0.2) is 45.6 Å². The summed E-state index contributed by atoms with van der Waals surface area (Å²) in [5.74, 6) is 1.74. The molecule has 3 heterocycles. The van der Waals surface area contributed by atoms with E-state index in [0.29, 0.717) is 12.4 Å². The van der Waals surface area contributed by atoms with E-state index in [9.17, 15) is 9.59 Å². The van der Waals surface area contributed by atoms with Gasteiger partial charge in [-0.15, -0.1) is 5.10 Å². The van der Waals surface area contributed by atoms with E-state index < -0.39 is 5.76 Å². The molecule has 6 nitrogen and oxygen atoms in total. The van der Waals surface area contributed by atoms with Crippen molar-refractivity contribution in [2.75, 3.05) is 24.6 Å². The molecule has 0 saturated carbocycles. The van der Waals surface area contributed by atoms with Crippen LogP contribution in [0.4, 0.5) is 0 Å². The van der Waals surface area contributed by atoms with Crippen molar-refractivity contribution in [1.29, 1.82) is 0 Å². The van der Waals surface area contributed by atoms with Gasteiger partial charge in [0.05, 0.1) is 5.92 Å². The Kier molecular flexibility index (Phi) is 3.46. The number of hydrogen-bond donors (Lipinski definition) is 1. The Morgan fingerprint density at radius 2 is 2.47 bits per heavy atom. The summed E-state index contributed by atoms with van der Waals surface area (Å²) in [5.41, 5.74) is 0.897. The zero-order valence-electron chi connectivity index (χ0n) is 10.4. The fourth-order valence-electron chi connectivity index (χ4n) is 2.52. The quantitative estimate of drug-likeness (QED) is 0.865. The molecule has 0 aliphatic carbocycles. The number of thioether (sulfide) groups is 1. The van der Waals surface area contributed by atoms with Gasteiger partial charge in [-0.05, 0) is 12.8 Å². The van der Waals surface area contributed by atoms with Gasteiger partial charge >= 0.3 is 5.76 Å². The van der Waals surface area contributed by atoms with E-state index in [2.05, 4.69) is 10.2 Å². The van der Waals surface area contributed by atoms with Gasteiger partial charge in [0.25, 0.3) is 0 Å². The van der Waals surface area contributed by atoms with Gasteiger partial charge in [0, 0.05) is 30.2 Å². The van der Waals surface area contributed by atoms with Crippen LogP contribution in [0.2, 0.25) is 0 Å². The van der Waals surface area contributed by atoms with Crippen LogP contribution >= 0.6 is 11.8 Å². The van der Waals surface area contributed by atoms with Crippen molar-refractivity contribution < 1.29 is 9.21 Å². The minimum atomic E-state index is -0.534. The van der Waals surface area contributed by atoms with Crippen LogP contribution in [0.3, 0.4) is 0 Å². The maximum absolute atomic E-state index is 12.3. The van der Waals surface area contributed by atoms with Crippen molar-refractivity contribution in [3.8, 4) is 0 Å². The molecule has 1 amide bonds. The monoisotopic (exact) mass is 281 g/mol. The molecule has 3 rings (SSSR count). The third-order valence-electron chi connectivity index (χ3n) is 3.49. The number of rotatable bonds is 2. The van der Waals surface area contributed by atoms with E-state index in [0.717, 1.165) is 36.5 Å². The number of amides is 1. The molecule has 7 heteroatoms. The Morgan fingerprint density at radius 1 is 1.58 bits per heavy atom. The summed E-state index contributed by atoms with van der Waals surface area (Å²) in [7, 11) is 0. The van der Waals surface area contributed by atoms with Crippen LogP contribution in [0.15, 0.2) is 20.9 Å². The minimum Gasteiger partial charge on any atom is -0.392 e. The molecular weight excluding hydrogens is 266 g/mol. The lowest BCUT2D eigenvalue weighted by Gasteiger charge is -2.31. The van der Waals surface area contributed by atoms with E-state index in [4.69, 9.17) is 4.42 Å². The highest BCUT2D eigenvalue weighted by molar-refractivity contribution is 7.99. The number of carbonyl (C=O) groups excluding carboxylic acids is 1. The molecule has 102 valence electrons. The SMILES string of the molecule is O=C(C1=CCSC1)N1CCCC(c2n[nH]c(=O)o2)C1. The van der Waals surface area contributed by atoms with Crippen LogP contribution in [0, 0.1) is 0 Å². The number of nitrogens with zero attached hydrogens (tertiary/aromatic N) is 2. The normalized spacial score (nSPS) is 23.5. The standard InChI is InChI=1S/C12H15N3O3S/c16-11(9-3-5-19-7-9)15-4-1-2-8(6-15)10-13-14-12(17)18-10/h3,8H,1-2,4-7H2,(H,14,17). The topological polar surface area (TPSA) is 79.2 Å². The number of aromatic nitrogens is 2. The number of piperidine rings is 1. The summed E-state index contributed by atoms with van der Waals surface area (Å²) < 4.78 is 5.00. The maximum atomic E-state index is 12.3. The highest BCUT2D eigenvalue weighted by Crippen LogP contribution is 2.27. The summed E-state index contributed by atoms with van der Waals surface area (Å²) in [6.45, 7) is 1.35. The molecule has 2 aliphatic heterocycles. The molecule has 0 spiro atoms. The van der Waals surface area contributed by atoms with Gasteiger partial charge in [0.1, 0.15) is 0 Å². The summed E-state index contributed by atoms with van der Waals surface area (Å²) in [5, 5.41) is 6.14. The van der Waals surface area contributed by atoms with Crippen molar-refractivity contribution in [2.45, 2.75) is 18.8 Å². The first-order chi connectivity index (χ1) is 9.24. The molecule has 1 unspecified atom stereocenters. The lowest BCUT2D eigenvalue weighted by molar-refractivity contribution is -0.128. The fourth-order valence-corrected chi connectivity index (χ4v) is 3.42. The third kappa shape index (κ3) is 2.60. The Balaban J connectivity index is 1.71.